The molecule has 1 aliphatic heterocycles. The predicted octanol–water partition coefficient (Wildman–Crippen LogP) is 2.39. The lowest BCUT2D eigenvalue weighted by Crippen LogP contribution is -2.48. The number of thioether (sulfide) groups is 1. The van der Waals surface area contributed by atoms with Crippen LogP contribution in [-0.2, 0) is 9.84 Å². The molecular weight excluding hydrogens is 328 g/mol. The number of nitrogens with zero attached hydrogens (tertiary/aromatic N) is 2. The monoisotopic (exact) mass is 348 g/mol. The fourth-order valence-corrected chi connectivity index (χ4v) is 6.39. The molecule has 1 saturated heterocycles. The van der Waals surface area contributed by atoms with E-state index in [0.29, 0.717) is 22.3 Å². The number of anilines is 1. The summed E-state index contributed by atoms with van der Waals surface area (Å²) in [6.45, 7) is 6.29. The van der Waals surface area contributed by atoms with Gasteiger partial charge in [-0.1, -0.05) is 32.1 Å². The van der Waals surface area contributed by atoms with Crippen LogP contribution in [0.5, 0.6) is 0 Å². The number of carbonyl (C=O) groups is 1. The lowest BCUT2D eigenvalue weighted by Gasteiger charge is -2.34. The first-order valence-corrected chi connectivity index (χ1v) is 10.6. The maximum atomic E-state index is 12.3. The van der Waals surface area contributed by atoms with Gasteiger partial charge in [0.15, 0.2) is 21.3 Å². The maximum Gasteiger partial charge on any atom is 0.187 e. The summed E-state index contributed by atoms with van der Waals surface area (Å²) in [5.41, 5.74) is 0.760. The van der Waals surface area contributed by atoms with Crippen LogP contribution >= 0.6 is 23.1 Å². The Kier molecular flexibility index (Phi) is 5.32. The molecule has 1 atom stereocenters. The molecular formula is C13H20N2O3S3. The van der Waals surface area contributed by atoms with Crippen molar-refractivity contribution in [3.05, 3.63) is 10.6 Å². The number of hydrogen-bond donors (Lipinski definition) is 0. The van der Waals surface area contributed by atoms with E-state index in [4.69, 9.17) is 0 Å². The molecule has 0 radical (unpaired) electrons. The topological polar surface area (TPSA) is 67.3 Å². The van der Waals surface area contributed by atoms with Gasteiger partial charge in [0.05, 0.1) is 10.6 Å². The minimum Gasteiger partial charge on any atom is -0.329 e. The van der Waals surface area contributed by atoms with Crippen molar-refractivity contribution in [2.75, 3.05) is 28.7 Å². The van der Waals surface area contributed by atoms with Crippen LogP contribution in [0.4, 0.5) is 5.13 Å². The molecule has 0 bridgehead atoms. The number of rotatable bonds is 5. The van der Waals surface area contributed by atoms with Gasteiger partial charge in [0.25, 0.3) is 0 Å². The van der Waals surface area contributed by atoms with Gasteiger partial charge in [-0.3, -0.25) is 4.79 Å². The number of aldehydes is 1. The molecule has 2 heterocycles. The van der Waals surface area contributed by atoms with Gasteiger partial charge >= 0.3 is 0 Å². The van der Waals surface area contributed by atoms with Crippen molar-refractivity contribution in [3.8, 4) is 0 Å². The first-order chi connectivity index (χ1) is 9.90. The Balaban J connectivity index is 2.40. The molecule has 1 fully saturated rings. The van der Waals surface area contributed by atoms with Gasteiger partial charge in [0.1, 0.15) is 5.37 Å². The lowest BCUT2D eigenvalue weighted by atomic mass is 10.1. The summed E-state index contributed by atoms with van der Waals surface area (Å²) in [7, 11) is -3.17. The van der Waals surface area contributed by atoms with Gasteiger partial charge in [-0.05, 0) is 5.92 Å². The van der Waals surface area contributed by atoms with Gasteiger partial charge in [-0.15, -0.1) is 0 Å². The van der Waals surface area contributed by atoms with Crippen molar-refractivity contribution in [1.82, 2.24) is 4.98 Å². The van der Waals surface area contributed by atoms with Gasteiger partial charge in [0.2, 0.25) is 0 Å². The molecule has 0 amide bonds. The molecule has 1 aliphatic rings. The highest BCUT2D eigenvalue weighted by molar-refractivity contribution is 8.01. The zero-order valence-corrected chi connectivity index (χ0v) is 14.9. The number of sulfone groups is 1. The molecule has 21 heavy (non-hydrogen) atoms. The Morgan fingerprint density at radius 1 is 1.48 bits per heavy atom. The quantitative estimate of drug-likeness (QED) is 0.761. The van der Waals surface area contributed by atoms with Gasteiger partial charge in [-0.2, -0.15) is 11.8 Å². The van der Waals surface area contributed by atoms with Crippen molar-refractivity contribution >= 4 is 44.4 Å². The predicted molar refractivity (Wildman–Crippen MR) is 89.5 cm³/mol. The van der Waals surface area contributed by atoms with E-state index in [9.17, 15) is 13.2 Å². The van der Waals surface area contributed by atoms with Crippen molar-refractivity contribution in [2.45, 2.75) is 32.1 Å². The van der Waals surface area contributed by atoms with Crippen LogP contribution in [0.1, 0.15) is 42.1 Å². The molecule has 1 unspecified atom stereocenters. The second kappa shape index (κ2) is 6.66. The van der Waals surface area contributed by atoms with Crippen molar-refractivity contribution in [1.29, 1.82) is 0 Å². The van der Waals surface area contributed by atoms with Crippen LogP contribution in [0.2, 0.25) is 0 Å². The SMILES string of the molecule is CCS(=O)(=O)C1CSCCN1c1nc(C(C)C)c(C=O)s1. The molecule has 0 aliphatic carbocycles. The van der Waals surface area contributed by atoms with Crippen LogP contribution in [0.25, 0.3) is 0 Å². The summed E-state index contributed by atoms with van der Waals surface area (Å²) in [6.07, 6.45) is 0.818. The number of aromatic nitrogens is 1. The molecule has 5 nitrogen and oxygen atoms in total. The molecule has 0 spiro atoms. The van der Waals surface area contributed by atoms with E-state index in [1.165, 1.54) is 11.3 Å². The van der Waals surface area contributed by atoms with Crippen molar-refractivity contribution in [3.63, 3.8) is 0 Å². The van der Waals surface area contributed by atoms with E-state index in [-0.39, 0.29) is 11.7 Å². The van der Waals surface area contributed by atoms with E-state index in [1.807, 2.05) is 18.7 Å². The Bertz CT molecular complexity index is 610. The standard InChI is InChI=1S/C13H20N2O3S3/c1-4-21(17,18)11-8-19-6-5-15(11)13-14-12(9(2)3)10(7-16)20-13/h7,9,11H,4-6,8H2,1-3H3. The Morgan fingerprint density at radius 2 is 2.19 bits per heavy atom. The third-order valence-electron chi connectivity index (χ3n) is 3.47. The molecule has 0 N–H and O–H groups in total. The van der Waals surface area contributed by atoms with Gasteiger partial charge in [-0.25, -0.2) is 13.4 Å². The molecule has 118 valence electrons. The third kappa shape index (κ3) is 3.43. The highest BCUT2D eigenvalue weighted by atomic mass is 32.2. The van der Waals surface area contributed by atoms with E-state index in [0.717, 1.165) is 17.7 Å². The summed E-state index contributed by atoms with van der Waals surface area (Å²) in [5.74, 6) is 1.71. The lowest BCUT2D eigenvalue weighted by molar-refractivity contribution is 0.112. The number of hydrogen-bond acceptors (Lipinski definition) is 7. The molecule has 8 heteroatoms. The Labute approximate surface area is 134 Å². The molecule has 0 saturated carbocycles. The first kappa shape index (κ1) is 16.8. The second-order valence-electron chi connectivity index (χ2n) is 5.19. The highest BCUT2D eigenvalue weighted by Gasteiger charge is 2.35. The van der Waals surface area contributed by atoms with Crippen molar-refractivity contribution < 1.29 is 13.2 Å². The van der Waals surface area contributed by atoms with Gasteiger partial charge in [0, 0.05) is 23.8 Å². The summed E-state index contributed by atoms with van der Waals surface area (Å²) < 4.78 is 24.6. The van der Waals surface area contributed by atoms with Crippen LogP contribution in [0, 0.1) is 0 Å². The first-order valence-electron chi connectivity index (χ1n) is 6.92. The molecule has 2 rings (SSSR count). The third-order valence-corrected chi connectivity index (χ3v) is 7.79. The summed E-state index contributed by atoms with van der Waals surface area (Å²) in [6, 6.07) is 0. The largest absolute Gasteiger partial charge is 0.329 e. The van der Waals surface area contributed by atoms with Gasteiger partial charge < -0.3 is 4.90 Å². The number of carbonyl (C=O) groups excluding carboxylic acids is 1. The fraction of sp³-hybridized carbons (Fsp3) is 0.692. The van der Waals surface area contributed by atoms with Crippen molar-refractivity contribution in [2.24, 2.45) is 0 Å². The highest BCUT2D eigenvalue weighted by Crippen LogP contribution is 2.34. The van der Waals surface area contributed by atoms with E-state index < -0.39 is 15.2 Å². The molecule has 1 aromatic heterocycles. The minimum atomic E-state index is -3.17. The average Bonchev–Trinajstić information content (AvgIpc) is 2.91. The van der Waals surface area contributed by atoms with Crippen LogP contribution in [0.15, 0.2) is 0 Å². The Morgan fingerprint density at radius 3 is 2.71 bits per heavy atom. The zero-order chi connectivity index (χ0) is 15.6. The van der Waals surface area contributed by atoms with Crippen LogP contribution in [0.3, 0.4) is 0 Å². The van der Waals surface area contributed by atoms with Crippen LogP contribution < -0.4 is 4.90 Å². The summed E-state index contributed by atoms with van der Waals surface area (Å²) in [5, 5.41) is 0.120. The average molecular weight is 349 g/mol. The Hall–Kier alpha value is -0.600. The minimum absolute atomic E-state index is 0.123. The summed E-state index contributed by atoms with van der Waals surface area (Å²) in [4.78, 5) is 18.2. The van der Waals surface area contributed by atoms with Crippen LogP contribution in [-0.4, -0.2) is 48.9 Å². The zero-order valence-electron chi connectivity index (χ0n) is 12.4. The molecule has 0 aromatic carbocycles. The molecule has 1 aromatic rings. The van der Waals surface area contributed by atoms with E-state index in [2.05, 4.69) is 4.98 Å². The van der Waals surface area contributed by atoms with E-state index in [1.54, 1.807) is 18.7 Å². The number of thiazole rings is 1. The fourth-order valence-electron chi connectivity index (χ4n) is 2.24. The van der Waals surface area contributed by atoms with E-state index >= 15 is 0 Å². The normalized spacial score (nSPS) is 20.0. The smallest absolute Gasteiger partial charge is 0.187 e. The maximum absolute atomic E-state index is 12.3. The summed E-state index contributed by atoms with van der Waals surface area (Å²) >= 11 is 2.95. The second-order valence-corrected chi connectivity index (χ2v) is 9.80.